The van der Waals surface area contributed by atoms with Crippen LogP contribution < -0.4 is 4.74 Å². The molecular weight excluding hydrogens is 276 g/mol. The van der Waals surface area contributed by atoms with Crippen molar-refractivity contribution in [2.24, 2.45) is 0 Å². The zero-order valence-electron chi connectivity index (χ0n) is 11.7. The summed E-state index contributed by atoms with van der Waals surface area (Å²) in [6, 6.07) is 13.9. The van der Waals surface area contributed by atoms with Crippen LogP contribution in [0.25, 0.3) is 6.08 Å². The number of carbonyl (C=O) groups excluding carboxylic acids is 2. The lowest BCUT2D eigenvalue weighted by Gasteiger charge is -2.03. The highest BCUT2D eigenvalue weighted by Gasteiger charge is 2.32. The van der Waals surface area contributed by atoms with Crippen LogP contribution in [0.5, 0.6) is 5.75 Å². The summed E-state index contributed by atoms with van der Waals surface area (Å²) in [4.78, 5) is 24.6. The number of terminal acetylenes is 1. The summed E-state index contributed by atoms with van der Waals surface area (Å²) >= 11 is 0. The molecule has 1 aliphatic carbocycles. The molecule has 0 saturated carbocycles. The van der Waals surface area contributed by atoms with Gasteiger partial charge in [-0.1, -0.05) is 42.3 Å². The molecule has 0 atom stereocenters. The highest BCUT2D eigenvalue weighted by Crippen LogP contribution is 2.28. The fraction of sp³-hybridized carbons (Fsp3) is 0.0526. The lowest BCUT2D eigenvalue weighted by atomic mass is 10.1. The number of carbonyl (C=O) groups is 2. The topological polar surface area (TPSA) is 43.4 Å². The molecule has 0 heterocycles. The molecule has 3 nitrogen and oxygen atoms in total. The van der Waals surface area contributed by atoms with Gasteiger partial charge in [-0.3, -0.25) is 9.59 Å². The highest BCUT2D eigenvalue weighted by atomic mass is 16.5. The predicted molar refractivity (Wildman–Crippen MR) is 83.9 cm³/mol. The third kappa shape index (κ3) is 2.43. The summed E-state index contributed by atoms with van der Waals surface area (Å²) in [5.41, 5.74) is 1.81. The van der Waals surface area contributed by atoms with Crippen molar-refractivity contribution in [1.82, 2.24) is 0 Å². The average Bonchev–Trinajstić information content (AvgIpc) is 2.79. The zero-order valence-corrected chi connectivity index (χ0v) is 11.7. The third-order valence-corrected chi connectivity index (χ3v) is 3.40. The highest BCUT2D eigenvalue weighted by molar-refractivity contribution is 6.41. The molecule has 22 heavy (non-hydrogen) atoms. The number of fused-ring (bicyclic) bond motifs is 1. The minimum Gasteiger partial charge on any atom is -0.481 e. The first-order valence-corrected chi connectivity index (χ1v) is 6.77. The molecule has 0 N–H and O–H groups in total. The van der Waals surface area contributed by atoms with Crippen LogP contribution in [0.15, 0.2) is 54.1 Å². The van der Waals surface area contributed by atoms with Gasteiger partial charge in [0.25, 0.3) is 0 Å². The Bertz CT molecular complexity index is 801. The fourth-order valence-corrected chi connectivity index (χ4v) is 2.39. The number of Topliss-reactive ketones (excluding diaryl/α,β-unsaturated/α-hetero) is 2. The lowest BCUT2D eigenvalue weighted by molar-refractivity contribution is 0.0990. The van der Waals surface area contributed by atoms with Crippen molar-refractivity contribution < 1.29 is 14.3 Å². The smallest absolute Gasteiger partial charge is 0.197 e. The number of rotatable bonds is 3. The first kappa shape index (κ1) is 13.8. The maximum absolute atomic E-state index is 12.3. The van der Waals surface area contributed by atoms with Crippen LogP contribution in [-0.4, -0.2) is 18.2 Å². The summed E-state index contributed by atoms with van der Waals surface area (Å²) in [6.07, 6.45) is 6.75. The molecule has 0 spiro atoms. The lowest BCUT2D eigenvalue weighted by Crippen LogP contribution is -2.00. The molecule has 3 heteroatoms. The van der Waals surface area contributed by atoms with E-state index in [-0.39, 0.29) is 23.7 Å². The van der Waals surface area contributed by atoms with Crippen LogP contribution in [0.3, 0.4) is 0 Å². The molecule has 2 aromatic carbocycles. The van der Waals surface area contributed by atoms with E-state index < -0.39 is 0 Å². The minimum atomic E-state index is -0.240. The second-order valence-electron chi connectivity index (χ2n) is 4.83. The van der Waals surface area contributed by atoms with Crippen LogP contribution >= 0.6 is 0 Å². The normalized spacial score (nSPS) is 12.8. The van der Waals surface area contributed by atoms with E-state index >= 15 is 0 Å². The van der Waals surface area contributed by atoms with E-state index in [1.807, 2.05) is 0 Å². The first-order chi connectivity index (χ1) is 10.7. The molecule has 0 unspecified atom stereocenters. The number of ether oxygens (including phenoxy) is 1. The van der Waals surface area contributed by atoms with E-state index in [0.29, 0.717) is 16.9 Å². The van der Waals surface area contributed by atoms with Gasteiger partial charge in [-0.25, -0.2) is 0 Å². The van der Waals surface area contributed by atoms with Crippen LogP contribution in [-0.2, 0) is 0 Å². The van der Waals surface area contributed by atoms with E-state index in [1.165, 1.54) is 0 Å². The van der Waals surface area contributed by atoms with Gasteiger partial charge in [-0.05, 0) is 23.8 Å². The number of benzene rings is 2. The molecule has 0 saturated heterocycles. The van der Waals surface area contributed by atoms with Gasteiger partial charge in [-0.15, -0.1) is 6.42 Å². The fourth-order valence-electron chi connectivity index (χ4n) is 2.39. The molecule has 2 aromatic rings. The Labute approximate surface area is 128 Å². The van der Waals surface area contributed by atoms with Gasteiger partial charge in [0.15, 0.2) is 11.6 Å². The molecule has 106 valence electrons. The van der Waals surface area contributed by atoms with Crippen molar-refractivity contribution in [1.29, 1.82) is 0 Å². The van der Waals surface area contributed by atoms with E-state index in [2.05, 4.69) is 5.92 Å². The summed E-state index contributed by atoms with van der Waals surface area (Å²) in [5.74, 6) is 2.51. The monoisotopic (exact) mass is 288 g/mol. The largest absolute Gasteiger partial charge is 0.481 e. The maximum Gasteiger partial charge on any atom is 0.197 e. The number of ketones is 2. The molecule has 0 aromatic heterocycles. The molecule has 0 amide bonds. The summed E-state index contributed by atoms with van der Waals surface area (Å²) in [7, 11) is 0. The molecular formula is C19H12O3. The van der Waals surface area contributed by atoms with Crippen LogP contribution in [0, 0.1) is 12.3 Å². The predicted octanol–water partition coefficient (Wildman–Crippen LogP) is 3.16. The van der Waals surface area contributed by atoms with Crippen LogP contribution in [0.1, 0.15) is 26.3 Å². The molecule has 1 aliphatic rings. The molecule has 3 rings (SSSR count). The van der Waals surface area contributed by atoms with E-state index in [9.17, 15) is 9.59 Å². The summed E-state index contributed by atoms with van der Waals surface area (Å²) in [5, 5.41) is 0. The van der Waals surface area contributed by atoms with Gasteiger partial charge in [0.1, 0.15) is 12.4 Å². The Morgan fingerprint density at radius 3 is 2.32 bits per heavy atom. The summed E-state index contributed by atoms with van der Waals surface area (Å²) in [6.45, 7) is 0.170. The Morgan fingerprint density at radius 1 is 1.00 bits per heavy atom. The van der Waals surface area contributed by atoms with E-state index in [1.54, 1.807) is 54.6 Å². The van der Waals surface area contributed by atoms with Crippen LogP contribution in [0.2, 0.25) is 0 Å². The van der Waals surface area contributed by atoms with E-state index in [4.69, 9.17) is 11.2 Å². The number of hydrogen-bond donors (Lipinski definition) is 0. The van der Waals surface area contributed by atoms with Gasteiger partial charge in [0.2, 0.25) is 0 Å². The standard InChI is InChI=1S/C19H12O3/c1-2-10-22-14-7-5-6-13(11-14)12-17-18(20)15-8-3-4-9-16(15)19(17)21/h1,3-9,11-12H,10H2. The van der Waals surface area contributed by atoms with E-state index in [0.717, 1.165) is 5.56 Å². The van der Waals surface area contributed by atoms with Crippen molar-refractivity contribution in [3.05, 3.63) is 70.8 Å². The zero-order chi connectivity index (χ0) is 15.5. The molecule has 0 fully saturated rings. The van der Waals surface area contributed by atoms with Crippen molar-refractivity contribution in [3.63, 3.8) is 0 Å². The second kappa shape index (κ2) is 5.71. The van der Waals surface area contributed by atoms with Gasteiger partial charge in [0.05, 0.1) is 5.57 Å². The van der Waals surface area contributed by atoms with Crippen molar-refractivity contribution >= 4 is 17.6 Å². The van der Waals surface area contributed by atoms with Gasteiger partial charge in [-0.2, -0.15) is 0 Å². The Kier molecular flexibility index (Phi) is 3.59. The maximum atomic E-state index is 12.3. The quantitative estimate of drug-likeness (QED) is 0.495. The minimum absolute atomic E-state index is 0.170. The number of hydrogen-bond acceptors (Lipinski definition) is 3. The SMILES string of the molecule is C#CCOc1cccc(C=C2C(=O)c3ccccc3C2=O)c1. The van der Waals surface area contributed by atoms with Gasteiger partial charge in [0, 0.05) is 11.1 Å². The molecule has 0 aliphatic heterocycles. The summed E-state index contributed by atoms with van der Waals surface area (Å²) < 4.78 is 5.34. The molecule has 0 bridgehead atoms. The van der Waals surface area contributed by atoms with Crippen molar-refractivity contribution in [3.8, 4) is 18.1 Å². The van der Waals surface area contributed by atoms with Crippen molar-refractivity contribution in [2.45, 2.75) is 0 Å². The average molecular weight is 288 g/mol. The van der Waals surface area contributed by atoms with Gasteiger partial charge >= 0.3 is 0 Å². The Morgan fingerprint density at radius 2 is 1.68 bits per heavy atom. The third-order valence-electron chi connectivity index (χ3n) is 3.40. The first-order valence-electron chi connectivity index (χ1n) is 6.77. The second-order valence-corrected chi connectivity index (χ2v) is 4.83. The van der Waals surface area contributed by atoms with Gasteiger partial charge < -0.3 is 4.74 Å². The van der Waals surface area contributed by atoms with Crippen molar-refractivity contribution in [2.75, 3.05) is 6.61 Å². The Hall–Kier alpha value is -3.12. The van der Waals surface area contributed by atoms with Crippen LogP contribution in [0.4, 0.5) is 0 Å². The molecule has 0 radical (unpaired) electrons. The Balaban J connectivity index is 1.96. The number of allylic oxidation sites excluding steroid dienone is 1.